The molecule has 0 unspecified atom stereocenters. The van der Waals surface area contributed by atoms with Crippen LogP contribution in [0.25, 0.3) is 0 Å². The monoisotopic (exact) mass is 330 g/mol. The average Bonchev–Trinajstić information content (AvgIpc) is 2.44. The van der Waals surface area contributed by atoms with Crippen LogP contribution >= 0.6 is 42.2 Å². The molecule has 0 radical (unpaired) electrons. The van der Waals surface area contributed by atoms with E-state index in [4.69, 9.17) is 44.1 Å². The van der Waals surface area contributed by atoms with Crippen LogP contribution in [0.2, 0.25) is 0 Å². The maximum absolute atomic E-state index is 11.9. The number of halogens is 3. The maximum atomic E-state index is 11.9. The van der Waals surface area contributed by atoms with E-state index in [1.807, 2.05) is 30.3 Å². The van der Waals surface area contributed by atoms with Crippen molar-refractivity contribution in [1.82, 2.24) is 0 Å². The van der Waals surface area contributed by atoms with Gasteiger partial charge in [0.1, 0.15) is 29.7 Å². The molecule has 0 saturated carbocycles. The number of hydrogen-bond donors (Lipinski definition) is 0. The van der Waals surface area contributed by atoms with Crippen LogP contribution in [0.3, 0.4) is 0 Å². The highest BCUT2D eigenvalue weighted by Gasteiger charge is 2.25. The third-order valence-electron chi connectivity index (χ3n) is 2.06. The quantitative estimate of drug-likeness (QED) is 0.524. The van der Waals surface area contributed by atoms with Crippen LogP contribution in [0, 0.1) is 0 Å². The van der Waals surface area contributed by atoms with Crippen LogP contribution in [0.5, 0.6) is 5.75 Å². The summed E-state index contributed by atoms with van der Waals surface area (Å²) in [6, 6.07) is 9.22. The lowest BCUT2D eigenvalue weighted by atomic mass is 10.3. The summed E-state index contributed by atoms with van der Waals surface area (Å²) in [7, 11) is -3.01. The molecule has 0 aliphatic rings. The first-order chi connectivity index (χ1) is 8.63. The van der Waals surface area contributed by atoms with Crippen molar-refractivity contribution in [3.05, 3.63) is 30.3 Å². The summed E-state index contributed by atoms with van der Waals surface area (Å²) in [5, 5.41) is 0. The highest BCUT2D eigenvalue weighted by Crippen LogP contribution is 2.49. The summed E-state index contributed by atoms with van der Waals surface area (Å²) in [5.41, 5.74) is -0.259. The minimum Gasteiger partial charge on any atom is -0.491 e. The predicted molar refractivity (Wildman–Crippen MR) is 76.6 cm³/mol. The Bertz CT molecular complexity index is 380. The third kappa shape index (κ3) is 5.38. The van der Waals surface area contributed by atoms with Crippen LogP contribution in [-0.4, -0.2) is 29.8 Å². The molecule has 1 aromatic carbocycles. The van der Waals surface area contributed by atoms with Gasteiger partial charge in [0.05, 0.1) is 5.88 Å². The van der Waals surface area contributed by atoms with E-state index in [9.17, 15) is 4.57 Å². The Morgan fingerprint density at radius 2 is 1.72 bits per heavy atom. The zero-order valence-electron chi connectivity index (χ0n) is 9.60. The molecule has 0 aliphatic carbocycles. The van der Waals surface area contributed by atoms with Crippen LogP contribution < -0.4 is 4.74 Å². The summed E-state index contributed by atoms with van der Waals surface area (Å²) in [5.74, 6) is 0.854. The molecule has 3 nitrogen and oxygen atoms in total. The summed E-state index contributed by atoms with van der Waals surface area (Å²) < 4.78 is 22.8. The molecule has 7 heteroatoms. The van der Waals surface area contributed by atoms with Crippen LogP contribution in [0.15, 0.2) is 30.3 Å². The van der Waals surface area contributed by atoms with Crippen molar-refractivity contribution in [1.29, 1.82) is 0 Å². The lowest BCUT2D eigenvalue weighted by Crippen LogP contribution is -2.23. The molecular weight excluding hydrogens is 317 g/mol. The largest absolute Gasteiger partial charge is 0.491 e. The molecule has 1 aromatic rings. The van der Waals surface area contributed by atoms with E-state index in [-0.39, 0.29) is 23.7 Å². The van der Waals surface area contributed by atoms with E-state index in [0.717, 1.165) is 0 Å². The van der Waals surface area contributed by atoms with Crippen molar-refractivity contribution in [3.63, 3.8) is 0 Å². The molecule has 0 amide bonds. The summed E-state index contributed by atoms with van der Waals surface area (Å²) in [6.45, 7) is 0.200. The third-order valence-corrected chi connectivity index (χ3v) is 6.00. The first kappa shape index (κ1) is 16.1. The summed E-state index contributed by atoms with van der Waals surface area (Å²) in [4.78, 5) is 0. The van der Waals surface area contributed by atoms with Gasteiger partial charge in [0, 0.05) is 0 Å². The number of hydrogen-bond acceptors (Lipinski definition) is 3. The van der Waals surface area contributed by atoms with Crippen molar-refractivity contribution in [2.45, 2.75) is 6.10 Å². The van der Waals surface area contributed by atoms with Gasteiger partial charge in [-0.1, -0.05) is 18.2 Å². The van der Waals surface area contributed by atoms with E-state index in [1.165, 1.54) is 0 Å². The second kappa shape index (κ2) is 8.29. The van der Waals surface area contributed by atoms with Crippen molar-refractivity contribution < 1.29 is 13.8 Å². The Labute approximate surface area is 122 Å². The predicted octanol–water partition coefficient (Wildman–Crippen LogP) is 4.36. The number of para-hydroxylation sites is 1. The second-order valence-corrected chi connectivity index (χ2v) is 7.62. The van der Waals surface area contributed by atoms with Gasteiger partial charge < -0.3 is 9.26 Å². The Morgan fingerprint density at radius 1 is 1.11 bits per heavy atom. The molecule has 1 rings (SSSR count). The van der Waals surface area contributed by atoms with Crippen LogP contribution in [0.1, 0.15) is 0 Å². The Balaban J connectivity index is 2.50. The van der Waals surface area contributed by atoms with Gasteiger partial charge in [-0.25, -0.2) is 0 Å². The normalized spacial score (nSPS) is 13.3. The molecule has 18 heavy (non-hydrogen) atoms. The van der Waals surface area contributed by atoms with Crippen molar-refractivity contribution >= 4 is 42.2 Å². The van der Waals surface area contributed by atoms with Gasteiger partial charge in [0.25, 0.3) is 0 Å². The maximum Gasteiger partial charge on any atom is 0.232 e. The van der Waals surface area contributed by atoms with Crippen molar-refractivity contribution in [2.75, 3.05) is 23.7 Å². The van der Waals surface area contributed by atoms with E-state index < -0.39 is 13.5 Å². The number of rotatable bonds is 8. The van der Waals surface area contributed by atoms with Gasteiger partial charge in [0.2, 0.25) is 7.37 Å². The summed E-state index contributed by atoms with van der Waals surface area (Å²) in [6.07, 6.45) is -0.504. The zero-order chi connectivity index (χ0) is 13.4. The first-order valence-corrected chi connectivity index (χ1v) is 8.85. The van der Waals surface area contributed by atoms with Gasteiger partial charge in [0.15, 0.2) is 0 Å². The molecular formula is C11H14Cl3O3P. The highest BCUT2D eigenvalue weighted by atomic mass is 35.5. The second-order valence-electron chi connectivity index (χ2n) is 3.56. The molecule has 0 aliphatic heterocycles. The van der Waals surface area contributed by atoms with E-state index in [1.54, 1.807) is 0 Å². The minimum atomic E-state index is -3.01. The Kier molecular flexibility index (Phi) is 7.43. The topological polar surface area (TPSA) is 35.5 Å². The Morgan fingerprint density at radius 3 is 2.22 bits per heavy atom. The zero-order valence-corrected chi connectivity index (χ0v) is 12.8. The summed E-state index contributed by atoms with van der Waals surface area (Å²) >= 11 is 16.9. The molecule has 102 valence electrons. The minimum absolute atomic E-state index is 0.130. The fourth-order valence-electron chi connectivity index (χ4n) is 1.17. The standard InChI is InChI=1S/C11H14Cl3O3P/c12-6-11(17-18(15,8-13)9-14)7-16-10-4-2-1-3-5-10/h1-5,11H,6-9H2/t11-/m0/s1. The van der Waals surface area contributed by atoms with E-state index in [0.29, 0.717) is 5.75 Å². The molecule has 0 aromatic heterocycles. The van der Waals surface area contributed by atoms with E-state index in [2.05, 4.69) is 0 Å². The fraction of sp³-hybridized carbons (Fsp3) is 0.455. The fourth-order valence-corrected chi connectivity index (χ4v) is 3.37. The lowest BCUT2D eigenvalue weighted by molar-refractivity contribution is 0.149. The molecule has 0 spiro atoms. The lowest BCUT2D eigenvalue weighted by Gasteiger charge is -2.20. The Hall–Kier alpha value is 0.0800. The van der Waals surface area contributed by atoms with E-state index >= 15 is 0 Å². The van der Waals surface area contributed by atoms with Gasteiger partial charge in [-0.3, -0.25) is 4.57 Å². The van der Waals surface area contributed by atoms with Crippen molar-refractivity contribution in [2.24, 2.45) is 0 Å². The molecule has 1 atom stereocenters. The molecule has 0 bridgehead atoms. The molecule has 0 saturated heterocycles. The van der Waals surface area contributed by atoms with Gasteiger partial charge >= 0.3 is 0 Å². The number of alkyl halides is 3. The van der Waals surface area contributed by atoms with Crippen molar-refractivity contribution in [3.8, 4) is 5.75 Å². The number of benzene rings is 1. The van der Waals surface area contributed by atoms with Gasteiger partial charge in [-0.05, 0) is 12.1 Å². The van der Waals surface area contributed by atoms with Crippen LogP contribution in [0.4, 0.5) is 0 Å². The van der Waals surface area contributed by atoms with Crippen LogP contribution in [-0.2, 0) is 9.09 Å². The van der Waals surface area contributed by atoms with Gasteiger partial charge in [-0.15, -0.1) is 34.8 Å². The first-order valence-electron chi connectivity index (χ1n) is 5.26. The number of ether oxygens (including phenoxy) is 1. The average molecular weight is 332 g/mol. The highest BCUT2D eigenvalue weighted by molar-refractivity contribution is 7.62. The molecule has 0 N–H and O–H groups in total. The van der Waals surface area contributed by atoms with Gasteiger partial charge in [-0.2, -0.15) is 0 Å². The smallest absolute Gasteiger partial charge is 0.232 e. The molecule has 0 fully saturated rings. The molecule has 0 heterocycles. The SMILES string of the molecule is O=P(CCl)(CCl)O[C@@H](CCl)COc1ccccc1.